The van der Waals surface area contributed by atoms with Gasteiger partial charge in [-0.1, -0.05) is 30.4 Å². The van der Waals surface area contributed by atoms with Gasteiger partial charge in [0.2, 0.25) is 0 Å². The van der Waals surface area contributed by atoms with E-state index in [2.05, 4.69) is 15.8 Å². The highest BCUT2D eigenvalue weighted by Gasteiger charge is 2.11. The van der Waals surface area contributed by atoms with E-state index in [9.17, 15) is 5.26 Å². The van der Waals surface area contributed by atoms with Gasteiger partial charge in [0.1, 0.15) is 16.5 Å². The number of hydrogen-bond acceptors (Lipinski definition) is 3. The van der Waals surface area contributed by atoms with Gasteiger partial charge in [0, 0.05) is 16.5 Å². The molecule has 0 aliphatic carbocycles. The Bertz CT molecular complexity index is 834. The van der Waals surface area contributed by atoms with Crippen LogP contribution in [0.3, 0.4) is 0 Å². The number of hydrogen-bond donors (Lipinski definition) is 0. The highest BCUT2D eigenvalue weighted by molar-refractivity contribution is 7.71. The van der Waals surface area contributed by atoms with Gasteiger partial charge in [-0.25, -0.2) is 0 Å². The average molecular weight is 256 g/mol. The molecule has 0 fully saturated rings. The van der Waals surface area contributed by atoms with Crippen molar-refractivity contribution in [1.29, 1.82) is 5.26 Å². The predicted octanol–water partition coefficient (Wildman–Crippen LogP) is 4.06. The molecule has 2 aromatic heterocycles. The molecule has 0 aliphatic rings. The molecule has 4 heteroatoms. The first-order chi connectivity index (χ1) is 8.24. The maximum Gasteiger partial charge on any atom is 0.119 e. The minimum Gasteiger partial charge on any atom is -0.303 e. The number of nitriles is 1. The topological polar surface area (TPSA) is 28.2 Å². The number of aromatic nitrogens is 1. The van der Waals surface area contributed by atoms with Crippen LogP contribution in [0.25, 0.3) is 15.7 Å². The van der Waals surface area contributed by atoms with Gasteiger partial charge in [-0.15, -0.1) is 11.3 Å². The molecule has 0 saturated heterocycles. The first-order valence-electron chi connectivity index (χ1n) is 5.15. The normalized spacial score (nSPS) is 10.8. The standard InChI is InChI=1S/C13H8N2S2/c1-8-7-17-13-10(6-14)12(16)9-4-2-3-5-11(9)15(8)13/h2-5,7H,1H3. The van der Waals surface area contributed by atoms with E-state index in [4.69, 9.17) is 12.2 Å². The Balaban J connectivity index is 2.78. The fourth-order valence-corrected chi connectivity index (χ4v) is 3.45. The minimum absolute atomic E-state index is 0.608. The fraction of sp³-hybridized carbons (Fsp3) is 0.0769. The second-order valence-electron chi connectivity index (χ2n) is 3.85. The first-order valence-corrected chi connectivity index (χ1v) is 6.44. The number of nitrogens with zero attached hydrogens (tertiary/aromatic N) is 2. The van der Waals surface area contributed by atoms with Gasteiger partial charge in [-0.05, 0) is 13.0 Å². The molecular formula is C13H8N2S2. The Morgan fingerprint density at radius 1 is 1.35 bits per heavy atom. The van der Waals surface area contributed by atoms with Crippen LogP contribution < -0.4 is 0 Å². The Kier molecular flexibility index (Phi) is 2.25. The van der Waals surface area contributed by atoms with Crippen LogP contribution in [0.5, 0.6) is 0 Å². The zero-order chi connectivity index (χ0) is 12.0. The number of aryl methyl sites for hydroxylation is 1. The summed E-state index contributed by atoms with van der Waals surface area (Å²) in [4.78, 5) is 0.939. The van der Waals surface area contributed by atoms with Crippen LogP contribution in [0.4, 0.5) is 0 Å². The van der Waals surface area contributed by atoms with E-state index in [-0.39, 0.29) is 0 Å². The second kappa shape index (κ2) is 3.66. The third-order valence-electron chi connectivity index (χ3n) is 2.84. The fourth-order valence-electron chi connectivity index (χ4n) is 2.07. The van der Waals surface area contributed by atoms with E-state index in [1.54, 1.807) is 11.3 Å². The van der Waals surface area contributed by atoms with Crippen molar-refractivity contribution in [3.05, 3.63) is 45.4 Å². The Morgan fingerprint density at radius 3 is 2.88 bits per heavy atom. The van der Waals surface area contributed by atoms with Gasteiger partial charge in [0.25, 0.3) is 0 Å². The largest absolute Gasteiger partial charge is 0.303 e. The van der Waals surface area contributed by atoms with Gasteiger partial charge in [-0.3, -0.25) is 0 Å². The lowest BCUT2D eigenvalue weighted by atomic mass is 10.1. The first kappa shape index (κ1) is 10.5. The lowest BCUT2D eigenvalue weighted by molar-refractivity contribution is 1.16. The van der Waals surface area contributed by atoms with Crippen molar-refractivity contribution in [2.45, 2.75) is 6.92 Å². The van der Waals surface area contributed by atoms with Crippen molar-refractivity contribution in [3.63, 3.8) is 0 Å². The molecule has 0 radical (unpaired) electrons. The molecule has 0 unspecified atom stereocenters. The maximum absolute atomic E-state index is 9.26. The zero-order valence-corrected chi connectivity index (χ0v) is 10.7. The minimum atomic E-state index is 0.608. The van der Waals surface area contributed by atoms with Crippen molar-refractivity contribution in [2.75, 3.05) is 0 Å². The molecule has 0 spiro atoms. The van der Waals surface area contributed by atoms with E-state index in [0.29, 0.717) is 10.1 Å². The van der Waals surface area contributed by atoms with Crippen LogP contribution >= 0.6 is 23.6 Å². The van der Waals surface area contributed by atoms with E-state index in [1.807, 2.05) is 31.2 Å². The molecule has 2 heterocycles. The average Bonchev–Trinajstić information content (AvgIpc) is 2.73. The number of para-hydroxylation sites is 1. The Labute approximate surface area is 107 Å². The van der Waals surface area contributed by atoms with Crippen molar-refractivity contribution in [2.24, 2.45) is 0 Å². The van der Waals surface area contributed by atoms with Crippen LogP contribution in [-0.2, 0) is 0 Å². The Morgan fingerprint density at radius 2 is 2.12 bits per heavy atom. The number of fused-ring (bicyclic) bond motifs is 3. The molecule has 17 heavy (non-hydrogen) atoms. The van der Waals surface area contributed by atoms with Crippen molar-refractivity contribution in [3.8, 4) is 6.07 Å². The molecule has 2 nitrogen and oxygen atoms in total. The van der Waals surface area contributed by atoms with Gasteiger partial charge in [0.05, 0.1) is 10.0 Å². The molecule has 3 aromatic rings. The highest BCUT2D eigenvalue weighted by atomic mass is 32.1. The number of benzene rings is 1. The second-order valence-corrected chi connectivity index (χ2v) is 5.12. The van der Waals surface area contributed by atoms with E-state index in [0.717, 1.165) is 21.4 Å². The number of thiazole rings is 1. The lowest BCUT2D eigenvalue weighted by Gasteiger charge is -2.06. The smallest absolute Gasteiger partial charge is 0.119 e. The molecule has 0 bridgehead atoms. The summed E-state index contributed by atoms with van der Waals surface area (Å²) in [6, 6.07) is 10.2. The highest BCUT2D eigenvalue weighted by Crippen LogP contribution is 2.28. The van der Waals surface area contributed by atoms with Crippen LogP contribution in [0.2, 0.25) is 0 Å². The number of pyridine rings is 1. The molecule has 3 rings (SSSR count). The van der Waals surface area contributed by atoms with Crippen LogP contribution in [0.1, 0.15) is 11.3 Å². The molecule has 0 saturated carbocycles. The van der Waals surface area contributed by atoms with Gasteiger partial charge < -0.3 is 4.40 Å². The van der Waals surface area contributed by atoms with Crippen LogP contribution in [0, 0.1) is 22.8 Å². The molecule has 1 aromatic carbocycles. The van der Waals surface area contributed by atoms with Crippen molar-refractivity contribution < 1.29 is 0 Å². The monoisotopic (exact) mass is 256 g/mol. The van der Waals surface area contributed by atoms with E-state index >= 15 is 0 Å². The van der Waals surface area contributed by atoms with Crippen LogP contribution in [0.15, 0.2) is 29.6 Å². The quantitative estimate of drug-likeness (QED) is 0.567. The Hall–Kier alpha value is -1.70. The lowest BCUT2D eigenvalue weighted by Crippen LogP contribution is -1.94. The summed E-state index contributed by atoms with van der Waals surface area (Å²) in [6.07, 6.45) is 0. The van der Waals surface area contributed by atoms with Crippen molar-refractivity contribution in [1.82, 2.24) is 4.40 Å². The summed E-state index contributed by atoms with van der Waals surface area (Å²) in [5.74, 6) is 0. The van der Waals surface area contributed by atoms with Gasteiger partial charge in [0.15, 0.2) is 0 Å². The van der Waals surface area contributed by atoms with Gasteiger partial charge >= 0.3 is 0 Å². The molecule has 0 amide bonds. The van der Waals surface area contributed by atoms with Crippen molar-refractivity contribution >= 4 is 39.3 Å². The summed E-state index contributed by atoms with van der Waals surface area (Å²) in [7, 11) is 0. The molecule has 0 atom stereocenters. The summed E-state index contributed by atoms with van der Waals surface area (Å²) < 4.78 is 2.76. The zero-order valence-electron chi connectivity index (χ0n) is 9.10. The summed E-state index contributed by atoms with van der Waals surface area (Å²) in [5.41, 5.74) is 2.81. The third kappa shape index (κ3) is 1.33. The summed E-state index contributed by atoms with van der Waals surface area (Å²) >= 11 is 6.97. The van der Waals surface area contributed by atoms with E-state index < -0.39 is 0 Å². The summed E-state index contributed by atoms with van der Waals surface area (Å²) in [6.45, 7) is 2.04. The maximum atomic E-state index is 9.26. The molecular weight excluding hydrogens is 248 g/mol. The predicted molar refractivity (Wildman–Crippen MR) is 73.1 cm³/mol. The molecule has 0 N–H and O–H groups in total. The van der Waals surface area contributed by atoms with Gasteiger partial charge in [-0.2, -0.15) is 5.26 Å². The summed E-state index contributed by atoms with van der Waals surface area (Å²) in [5, 5.41) is 12.3. The van der Waals surface area contributed by atoms with Crippen LogP contribution in [-0.4, -0.2) is 4.40 Å². The number of rotatable bonds is 0. The SMILES string of the molecule is Cc1csc2c(C#N)c(=S)c3ccccc3n12. The van der Waals surface area contributed by atoms with E-state index in [1.165, 1.54) is 0 Å². The molecule has 82 valence electrons. The molecule has 0 aliphatic heterocycles. The third-order valence-corrected chi connectivity index (χ3v) is 4.33.